The second-order valence-electron chi connectivity index (χ2n) is 6.05. The number of likely N-dealkylation sites (tertiary alicyclic amines) is 1. The molecule has 1 heterocycles. The average Bonchev–Trinajstić information content (AvgIpc) is 3.10. The minimum absolute atomic E-state index is 0.0253. The number of para-hydroxylation sites is 1. The highest BCUT2D eigenvalue weighted by atomic mass is 79.9. The van der Waals surface area contributed by atoms with Gasteiger partial charge in [0.15, 0.2) is 0 Å². The number of hydrogen-bond donors (Lipinski definition) is 1. The normalized spacial score (nSPS) is 17.1. The second kappa shape index (κ2) is 7.81. The Balaban J connectivity index is 1.70. The molecule has 1 saturated heterocycles. The highest BCUT2D eigenvalue weighted by Crippen LogP contribution is 2.24. The van der Waals surface area contributed by atoms with E-state index in [9.17, 15) is 4.79 Å². The highest BCUT2D eigenvalue weighted by molar-refractivity contribution is 9.10. The van der Waals surface area contributed by atoms with Gasteiger partial charge in [-0.05, 0) is 48.7 Å². The van der Waals surface area contributed by atoms with Crippen LogP contribution in [-0.2, 0) is 6.61 Å². The highest BCUT2D eigenvalue weighted by Gasteiger charge is 2.27. The Labute approximate surface area is 150 Å². The van der Waals surface area contributed by atoms with Crippen molar-refractivity contribution in [2.45, 2.75) is 13.0 Å². The van der Waals surface area contributed by atoms with Crippen LogP contribution in [0.5, 0.6) is 5.75 Å². The van der Waals surface area contributed by atoms with Gasteiger partial charge in [0.25, 0.3) is 5.91 Å². The zero-order valence-electron chi connectivity index (χ0n) is 13.5. The van der Waals surface area contributed by atoms with Crippen molar-refractivity contribution in [3.8, 4) is 5.75 Å². The molecule has 0 spiro atoms. The molecule has 1 fully saturated rings. The summed E-state index contributed by atoms with van der Waals surface area (Å²) in [7, 11) is 0. The number of amides is 1. The molecule has 2 aromatic carbocycles. The number of nitrogens with zero attached hydrogens (tertiary/aromatic N) is 1. The molecule has 0 saturated carbocycles. The second-order valence-corrected chi connectivity index (χ2v) is 6.97. The van der Waals surface area contributed by atoms with Gasteiger partial charge < -0.3 is 15.4 Å². The standard InChI is InChI=1S/C19H21BrN2O2/c20-16-7-5-14(6-8-16)13-24-18-4-2-1-3-17(18)19(23)22-10-9-15(11-21)12-22/h1-8,15H,9-13,21H2/t15-/m0/s1. The minimum atomic E-state index is 0.0253. The summed E-state index contributed by atoms with van der Waals surface area (Å²) in [6.07, 6.45) is 0.976. The van der Waals surface area contributed by atoms with Crippen LogP contribution < -0.4 is 10.5 Å². The van der Waals surface area contributed by atoms with Gasteiger partial charge in [0, 0.05) is 17.6 Å². The van der Waals surface area contributed by atoms with Gasteiger partial charge in [-0.25, -0.2) is 0 Å². The van der Waals surface area contributed by atoms with Crippen LogP contribution in [0.25, 0.3) is 0 Å². The fourth-order valence-electron chi connectivity index (χ4n) is 2.89. The summed E-state index contributed by atoms with van der Waals surface area (Å²) >= 11 is 3.42. The van der Waals surface area contributed by atoms with E-state index in [1.807, 2.05) is 53.4 Å². The van der Waals surface area contributed by atoms with E-state index in [2.05, 4.69) is 15.9 Å². The summed E-state index contributed by atoms with van der Waals surface area (Å²) in [5, 5.41) is 0. The molecule has 4 nitrogen and oxygen atoms in total. The third-order valence-corrected chi connectivity index (χ3v) is 4.86. The van der Waals surface area contributed by atoms with Gasteiger partial charge in [-0.2, -0.15) is 0 Å². The lowest BCUT2D eigenvalue weighted by Gasteiger charge is -2.18. The molecular formula is C19H21BrN2O2. The van der Waals surface area contributed by atoms with Gasteiger partial charge in [-0.1, -0.05) is 40.2 Å². The van der Waals surface area contributed by atoms with Crippen LogP contribution >= 0.6 is 15.9 Å². The van der Waals surface area contributed by atoms with Crippen molar-refractivity contribution in [3.05, 3.63) is 64.1 Å². The molecule has 1 aliphatic heterocycles. The number of halogens is 1. The number of ether oxygens (including phenoxy) is 1. The van der Waals surface area contributed by atoms with Crippen molar-refractivity contribution in [2.75, 3.05) is 19.6 Å². The number of carbonyl (C=O) groups is 1. The first-order valence-electron chi connectivity index (χ1n) is 8.13. The average molecular weight is 389 g/mol. The fourth-order valence-corrected chi connectivity index (χ4v) is 3.16. The number of rotatable bonds is 5. The Morgan fingerprint density at radius 1 is 1.21 bits per heavy atom. The topological polar surface area (TPSA) is 55.6 Å². The Bertz CT molecular complexity index is 703. The van der Waals surface area contributed by atoms with E-state index in [1.54, 1.807) is 0 Å². The molecule has 2 aromatic rings. The molecule has 0 unspecified atom stereocenters. The largest absolute Gasteiger partial charge is 0.488 e. The summed E-state index contributed by atoms with van der Waals surface area (Å²) in [6.45, 7) is 2.56. The van der Waals surface area contributed by atoms with Crippen LogP contribution in [-0.4, -0.2) is 30.4 Å². The third-order valence-electron chi connectivity index (χ3n) is 4.33. The number of carbonyl (C=O) groups excluding carboxylic acids is 1. The zero-order valence-corrected chi connectivity index (χ0v) is 15.0. The molecule has 0 aromatic heterocycles. The van der Waals surface area contributed by atoms with E-state index in [0.29, 0.717) is 30.4 Å². The predicted octanol–water partition coefficient (Wildman–Crippen LogP) is 3.45. The quantitative estimate of drug-likeness (QED) is 0.852. The van der Waals surface area contributed by atoms with Gasteiger partial charge in [0.2, 0.25) is 0 Å². The Hall–Kier alpha value is -1.85. The zero-order chi connectivity index (χ0) is 16.9. The molecule has 0 bridgehead atoms. The van der Waals surface area contributed by atoms with E-state index < -0.39 is 0 Å². The summed E-state index contributed by atoms with van der Waals surface area (Å²) in [6, 6.07) is 15.4. The van der Waals surface area contributed by atoms with Gasteiger partial charge in [-0.3, -0.25) is 4.79 Å². The minimum Gasteiger partial charge on any atom is -0.488 e. The van der Waals surface area contributed by atoms with Crippen LogP contribution in [0, 0.1) is 5.92 Å². The van der Waals surface area contributed by atoms with Gasteiger partial charge in [-0.15, -0.1) is 0 Å². The lowest BCUT2D eigenvalue weighted by Crippen LogP contribution is -2.30. The van der Waals surface area contributed by atoms with E-state index in [-0.39, 0.29) is 5.91 Å². The van der Waals surface area contributed by atoms with Crippen LogP contribution in [0.1, 0.15) is 22.3 Å². The first kappa shape index (κ1) is 17.0. The van der Waals surface area contributed by atoms with E-state index in [4.69, 9.17) is 10.5 Å². The maximum absolute atomic E-state index is 12.8. The van der Waals surface area contributed by atoms with Gasteiger partial charge in [0.1, 0.15) is 12.4 Å². The molecular weight excluding hydrogens is 368 g/mol. The third kappa shape index (κ3) is 3.97. The smallest absolute Gasteiger partial charge is 0.257 e. The SMILES string of the molecule is NC[C@@H]1CCN(C(=O)c2ccccc2OCc2ccc(Br)cc2)C1. The Morgan fingerprint density at radius 2 is 1.96 bits per heavy atom. The summed E-state index contributed by atoms with van der Waals surface area (Å²) in [4.78, 5) is 14.7. The molecule has 0 aliphatic carbocycles. The summed E-state index contributed by atoms with van der Waals surface area (Å²) < 4.78 is 6.94. The van der Waals surface area contributed by atoms with Crippen LogP contribution in [0.2, 0.25) is 0 Å². The summed E-state index contributed by atoms with van der Waals surface area (Å²) in [5.41, 5.74) is 7.40. The van der Waals surface area contributed by atoms with Crippen molar-refractivity contribution in [3.63, 3.8) is 0 Å². The van der Waals surface area contributed by atoms with Crippen LogP contribution in [0.15, 0.2) is 53.0 Å². The molecule has 0 radical (unpaired) electrons. The lowest BCUT2D eigenvalue weighted by molar-refractivity contribution is 0.0782. The van der Waals surface area contributed by atoms with Crippen molar-refractivity contribution >= 4 is 21.8 Å². The van der Waals surface area contributed by atoms with E-state index in [0.717, 1.165) is 29.5 Å². The Morgan fingerprint density at radius 3 is 2.67 bits per heavy atom. The van der Waals surface area contributed by atoms with Crippen LogP contribution in [0.4, 0.5) is 0 Å². The van der Waals surface area contributed by atoms with Crippen molar-refractivity contribution in [1.82, 2.24) is 4.90 Å². The summed E-state index contributed by atoms with van der Waals surface area (Å²) in [5.74, 6) is 1.06. The molecule has 3 rings (SSSR count). The lowest BCUT2D eigenvalue weighted by atomic mass is 10.1. The molecule has 2 N–H and O–H groups in total. The fraction of sp³-hybridized carbons (Fsp3) is 0.316. The maximum Gasteiger partial charge on any atom is 0.257 e. The first-order chi connectivity index (χ1) is 11.7. The molecule has 1 aliphatic rings. The van der Waals surface area contributed by atoms with Gasteiger partial charge in [0.05, 0.1) is 5.56 Å². The molecule has 1 amide bonds. The van der Waals surface area contributed by atoms with Crippen molar-refractivity contribution in [1.29, 1.82) is 0 Å². The molecule has 126 valence electrons. The Kier molecular flexibility index (Phi) is 5.53. The van der Waals surface area contributed by atoms with Crippen LogP contribution in [0.3, 0.4) is 0 Å². The van der Waals surface area contributed by atoms with Crippen molar-refractivity contribution < 1.29 is 9.53 Å². The number of benzene rings is 2. The maximum atomic E-state index is 12.8. The number of nitrogens with two attached hydrogens (primary N) is 1. The molecule has 24 heavy (non-hydrogen) atoms. The number of hydrogen-bond acceptors (Lipinski definition) is 3. The van der Waals surface area contributed by atoms with E-state index >= 15 is 0 Å². The molecule has 1 atom stereocenters. The first-order valence-corrected chi connectivity index (χ1v) is 8.92. The molecule has 5 heteroatoms. The van der Waals surface area contributed by atoms with Gasteiger partial charge >= 0.3 is 0 Å². The van der Waals surface area contributed by atoms with Crippen molar-refractivity contribution in [2.24, 2.45) is 11.7 Å². The monoisotopic (exact) mass is 388 g/mol. The van der Waals surface area contributed by atoms with E-state index in [1.165, 1.54) is 0 Å². The predicted molar refractivity (Wildman–Crippen MR) is 98.0 cm³/mol.